The average Bonchev–Trinajstić information content (AvgIpc) is 2.59. The molecule has 2 N–H and O–H groups in total. The van der Waals surface area contributed by atoms with Crippen molar-refractivity contribution >= 4 is 23.7 Å². The number of hydrogen-bond acceptors (Lipinski definition) is 4. The van der Waals surface area contributed by atoms with E-state index in [4.69, 9.17) is 0 Å². The van der Waals surface area contributed by atoms with E-state index in [1.54, 1.807) is 11.9 Å². The maximum absolute atomic E-state index is 3.44. The Hall–Kier alpha value is 0.200. The van der Waals surface area contributed by atoms with E-state index in [2.05, 4.69) is 16.2 Å². The summed E-state index contributed by atoms with van der Waals surface area (Å²) in [6.45, 7) is 1.16. The van der Waals surface area contributed by atoms with Crippen LogP contribution in [0.3, 0.4) is 0 Å². The van der Waals surface area contributed by atoms with E-state index in [1.807, 2.05) is 11.8 Å². The van der Waals surface area contributed by atoms with E-state index in [9.17, 15) is 0 Å². The van der Waals surface area contributed by atoms with Crippen LogP contribution in [0.15, 0.2) is 11.8 Å². The highest BCUT2D eigenvalue weighted by Crippen LogP contribution is 2.25. The molecule has 0 saturated carbocycles. The molecule has 2 nitrogen and oxygen atoms in total. The van der Waals surface area contributed by atoms with Gasteiger partial charge in [0.1, 0.15) is 0 Å². The van der Waals surface area contributed by atoms with Crippen molar-refractivity contribution in [1.29, 1.82) is 0 Å². The molecule has 2 aliphatic rings. The molecule has 0 bridgehead atoms. The van der Waals surface area contributed by atoms with E-state index in [-0.39, 0.29) is 0 Å². The lowest BCUT2D eigenvalue weighted by molar-refractivity contribution is 0.779. The van der Waals surface area contributed by atoms with Crippen LogP contribution in [0, 0.1) is 0 Å². The van der Waals surface area contributed by atoms with Crippen molar-refractivity contribution in [3.05, 3.63) is 11.8 Å². The van der Waals surface area contributed by atoms with Gasteiger partial charge in [0.2, 0.25) is 0 Å². The van der Waals surface area contributed by atoms with Crippen LogP contribution in [0.5, 0.6) is 0 Å². The molecule has 1 atom stereocenters. The molecule has 56 valence electrons. The fourth-order valence-electron chi connectivity index (χ4n) is 1.10. The molecule has 10 heavy (non-hydrogen) atoms. The zero-order valence-corrected chi connectivity index (χ0v) is 7.23. The lowest BCUT2D eigenvalue weighted by atomic mass is 10.3. The Morgan fingerprint density at radius 3 is 3.20 bits per heavy atom. The summed E-state index contributed by atoms with van der Waals surface area (Å²) in [5, 5.41) is 4.04. The molecular formula is C6H10N2S2. The van der Waals surface area contributed by atoms with Crippen LogP contribution >= 0.6 is 23.7 Å². The fourth-order valence-corrected chi connectivity index (χ4v) is 3.01. The van der Waals surface area contributed by atoms with Gasteiger partial charge in [-0.05, 0) is 17.5 Å². The zero-order valence-electron chi connectivity index (χ0n) is 5.59. The van der Waals surface area contributed by atoms with Crippen molar-refractivity contribution in [3.63, 3.8) is 0 Å². The summed E-state index contributed by atoms with van der Waals surface area (Å²) in [4.78, 5) is 0. The number of rotatable bonds is 1. The summed E-state index contributed by atoms with van der Waals surface area (Å²) in [5.41, 5.74) is 1.51. The second kappa shape index (κ2) is 3.07. The molecule has 0 radical (unpaired) electrons. The molecule has 1 unspecified atom stereocenters. The second-order valence-electron chi connectivity index (χ2n) is 2.33. The van der Waals surface area contributed by atoms with E-state index in [0.717, 1.165) is 12.3 Å². The summed E-state index contributed by atoms with van der Waals surface area (Å²) in [6.07, 6.45) is 2.13. The molecule has 0 spiro atoms. The number of thioether (sulfide) groups is 1. The van der Waals surface area contributed by atoms with Crippen LogP contribution in [0.1, 0.15) is 0 Å². The van der Waals surface area contributed by atoms with Crippen LogP contribution in [-0.4, -0.2) is 23.4 Å². The summed E-state index contributed by atoms with van der Waals surface area (Å²) in [5.74, 6) is 2.40. The first-order valence-electron chi connectivity index (χ1n) is 3.38. The van der Waals surface area contributed by atoms with Gasteiger partial charge >= 0.3 is 0 Å². The van der Waals surface area contributed by atoms with E-state index < -0.39 is 0 Å². The third-order valence-corrected chi connectivity index (χ3v) is 3.62. The quantitative estimate of drug-likeness (QED) is 0.574. The summed E-state index contributed by atoms with van der Waals surface area (Å²) < 4.78 is 3.15. The van der Waals surface area contributed by atoms with E-state index in [1.165, 1.54) is 11.3 Å². The van der Waals surface area contributed by atoms with Crippen LogP contribution in [0.2, 0.25) is 0 Å². The van der Waals surface area contributed by atoms with Gasteiger partial charge in [-0.2, -0.15) is 0 Å². The standard InChI is InChI=1S/C6H10N2S2/c1-2-9-6(7-1)5-3-8-10-4-5/h3,6-8H,1-2,4H2. The number of nitrogens with one attached hydrogen (secondary N) is 2. The maximum Gasteiger partial charge on any atom is 0.0775 e. The summed E-state index contributed by atoms with van der Waals surface area (Å²) in [6, 6.07) is 0. The maximum atomic E-state index is 3.44. The molecule has 2 aliphatic heterocycles. The van der Waals surface area contributed by atoms with Gasteiger partial charge in [0.15, 0.2) is 0 Å². The molecule has 2 rings (SSSR count). The van der Waals surface area contributed by atoms with E-state index in [0.29, 0.717) is 5.37 Å². The number of hydrogen-bond donors (Lipinski definition) is 2. The van der Waals surface area contributed by atoms with Gasteiger partial charge in [0.25, 0.3) is 0 Å². The highest BCUT2D eigenvalue weighted by molar-refractivity contribution is 8.00. The zero-order chi connectivity index (χ0) is 6.81. The molecule has 0 aromatic rings. The molecule has 1 fully saturated rings. The molecule has 0 aliphatic carbocycles. The monoisotopic (exact) mass is 174 g/mol. The van der Waals surface area contributed by atoms with Crippen LogP contribution < -0.4 is 10.0 Å². The first-order chi connectivity index (χ1) is 4.97. The average molecular weight is 174 g/mol. The Balaban J connectivity index is 1.97. The molecular weight excluding hydrogens is 164 g/mol. The van der Waals surface area contributed by atoms with Gasteiger partial charge in [0.05, 0.1) is 5.37 Å². The highest BCUT2D eigenvalue weighted by Gasteiger charge is 2.20. The molecule has 4 heteroatoms. The third-order valence-electron chi connectivity index (χ3n) is 1.62. The Labute approximate surface area is 69.3 Å². The molecule has 0 amide bonds. The lowest BCUT2D eigenvalue weighted by Gasteiger charge is -2.07. The SMILES string of the molecule is C1=C(C2NCCS2)CSN1. The first kappa shape index (κ1) is 6.88. The Kier molecular flexibility index (Phi) is 2.11. The van der Waals surface area contributed by atoms with Crippen molar-refractivity contribution in [2.45, 2.75) is 5.37 Å². The van der Waals surface area contributed by atoms with Crippen molar-refractivity contribution in [2.75, 3.05) is 18.1 Å². The van der Waals surface area contributed by atoms with Crippen LogP contribution in [0.25, 0.3) is 0 Å². The Morgan fingerprint density at radius 2 is 2.60 bits per heavy atom. The van der Waals surface area contributed by atoms with Gasteiger partial charge in [-0.15, -0.1) is 11.8 Å². The largest absolute Gasteiger partial charge is 0.336 e. The normalized spacial score (nSPS) is 32.0. The van der Waals surface area contributed by atoms with Crippen molar-refractivity contribution in [3.8, 4) is 0 Å². The van der Waals surface area contributed by atoms with Gasteiger partial charge in [-0.3, -0.25) is 0 Å². The summed E-state index contributed by atoms with van der Waals surface area (Å²) in [7, 11) is 0. The van der Waals surface area contributed by atoms with Crippen molar-refractivity contribution in [2.24, 2.45) is 0 Å². The molecule has 2 heterocycles. The fraction of sp³-hybridized carbons (Fsp3) is 0.667. The van der Waals surface area contributed by atoms with Crippen molar-refractivity contribution < 1.29 is 0 Å². The van der Waals surface area contributed by atoms with Gasteiger partial charge in [-0.25, -0.2) is 0 Å². The minimum absolute atomic E-state index is 0.600. The lowest BCUT2D eigenvalue weighted by Crippen LogP contribution is -2.21. The first-order valence-corrected chi connectivity index (χ1v) is 5.41. The van der Waals surface area contributed by atoms with Gasteiger partial charge < -0.3 is 10.0 Å². The summed E-state index contributed by atoms with van der Waals surface area (Å²) >= 11 is 3.78. The molecule has 1 saturated heterocycles. The predicted octanol–water partition coefficient (Wildman–Crippen LogP) is 0.784. The topological polar surface area (TPSA) is 24.1 Å². The van der Waals surface area contributed by atoms with Crippen LogP contribution in [-0.2, 0) is 0 Å². The Morgan fingerprint density at radius 1 is 1.60 bits per heavy atom. The molecule has 0 aromatic carbocycles. The van der Waals surface area contributed by atoms with E-state index >= 15 is 0 Å². The Bertz CT molecular complexity index is 152. The minimum atomic E-state index is 0.600. The molecule has 0 aromatic heterocycles. The van der Waals surface area contributed by atoms with Crippen LogP contribution in [0.4, 0.5) is 0 Å². The highest BCUT2D eigenvalue weighted by atomic mass is 32.2. The second-order valence-corrected chi connectivity index (χ2v) is 4.36. The third kappa shape index (κ3) is 1.28. The minimum Gasteiger partial charge on any atom is -0.336 e. The van der Waals surface area contributed by atoms with Gasteiger partial charge in [0, 0.05) is 24.3 Å². The smallest absolute Gasteiger partial charge is 0.0775 e. The van der Waals surface area contributed by atoms with Crippen molar-refractivity contribution in [1.82, 2.24) is 10.0 Å². The predicted molar refractivity (Wildman–Crippen MR) is 47.9 cm³/mol. The van der Waals surface area contributed by atoms with Gasteiger partial charge in [-0.1, -0.05) is 0 Å².